The van der Waals surface area contributed by atoms with E-state index < -0.39 is 21.6 Å². The quantitative estimate of drug-likeness (QED) is 0.631. The van der Waals surface area contributed by atoms with Gasteiger partial charge in [0, 0.05) is 17.4 Å². The molecule has 1 heterocycles. The fraction of sp³-hybridized carbons (Fsp3) is 0.385. The fourth-order valence-electron chi connectivity index (χ4n) is 4.93. The van der Waals surface area contributed by atoms with Crippen molar-refractivity contribution in [3.05, 3.63) is 77.4 Å². The van der Waals surface area contributed by atoms with Crippen molar-refractivity contribution >= 4 is 21.6 Å². The van der Waals surface area contributed by atoms with Crippen LogP contribution >= 0.6 is 0 Å². The van der Waals surface area contributed by atoms with Crippen LogP contribution in [0.2, 0.25) is 0 Å². The maximum Gasteiger partial charge on any atom is 0.266 e. The molecule has 0 spiro atoms. The van der Waals surface area contributed by atoms with Gasteiger partial charge in [-0.05, 0) is 53.2 Å². The first-order valence-electron chi connectivity index (χ1n) is 11.0. The molecule has 0 fully saturated rings. The number of sulfonamides is 1. The number of carbonyl (C=O) groups is 1. The summed E-state index contributed by atoms with van der Waals surface area (Å²) in [4.78, 5) is 17.5. The summed E-state index contributed by atoms with van der Waals surface area (Å²) in [6.07, 6.45) is 2.56. The highest BCUT2D eigenvalue weighted by Crippen LogP contribution is 2.45. The van der Waals surface area contributed by atoms with Crippen molar-refractivity contribution in [3.8, 4) is 0 Å². The van der Waals surface area contributed by atoms with Crippen LogP contribution in [0.1, 0.15) is 45.2 Å². The summed E-state index contributed by atoms with van der Waals surface area (Å²) in [5.41, 5.74) is 2.15. The first-order valence-corrected chi connectivity index (χ1v) is 12.4. The Hall–Kier alpha value is -2.73. The van der Waals surface area contributed by atoms with E-state index in [1.54, 1.807) is 19.1 Å². The summed E-state index contributed by atoms with van der Waals surface area (Å²) in [6, 6.07) is 16.0. The van der Waals surface area contributed by atoms with Crippen molar-refractivity contribution in [2.45, 2.75) is 57.5 Å². The number of Topliss-reactive ketones (excluding diaryl/α,β-unsaturated/α-hetero) is 1. The number of amidine groups is 1. The molecule has 2 aliphatic rings. The van der Waals surface area contributed by atoms with E-state index in [4.69, 9.17) is 4.99 Å². The van der Waals surface area contributed by atoms with Gasteiger partial charge in [0.1, 0.15) is 11.6 Å². The molecule has 0 unspecified atom stereocenters. The van der Waals surface area contributed by atoms with E-state index in [1.165, 1.54) is 4.31 Å². The van der Waals surface area contributed by atoms with Crippen molar-refractivity contribution in [2.75, 3.05) is 0 Å². The van der Waals surface area contributed by atoms with Gasteiger partial charge < -0.3 is 0 Å². The van der Waals surface area contributed by atoms with Crippen molar-refractivity contribution < 1.29 is 13.2 Å². The summed E-state index contributed by atoms with van der Waals surface area (Å²) in [5.74, 6) is 0.238. The first-order chi connectivity index (χ1) is 15.0. The number of rotatable bonds is 4. The third-order valence-corrected chi connectivity index (χ3v) is 8.57. The lowest BCUT2D eigenvalue weighted by Gasteiger charge is -2.50. The number of benzene rings is 2. The number of allylic oxidation sites excluding steroid dienone is 1. The molecular weight excluding hydrogens is 420 g/mol. The van der Waals surface area contributed by atoms with Crippen molar-refractivity contribution in [1.29, 1.82) is 0 Å². The Balaban J connectivity index is 1.95. The molecule has 1 aliphatic carbocycles. The van der Waals surface area contributed by atoms with Crippen molar-refractivity contribution in [3.63, 3.8) is 0 Å². The number of carbonyl (C=O) groups excluding carboxylic acids is 1. The molecule has 6 heteroatoms. The average Bonchev–Trinajstić information content (AvgIpc) is 2.73. The lowest BCUT2D eigenvalue weighted by molar-refractivity contribution is -0.120. The zero-order chi connectivity index (χ0) is 23.3. The number of aliphatic imine (C=N–C) groups is 1. The van der Waals surface area contributed by atoms with Crippen molar-refractivity contribution in [2.24, 2.45) is 16.8 Å². The molecule has 168 valence electrons. The molecule has 0 radical (unpaired) electrons. The third kappa shape index (κ3) is 3.81. The largest absolute Gasteiger partial charge is 0.299 e. The van der Waals surface area contributed by atoms with Crippen LogP contribution < -0.4 is 0 Å². The second kappa shape index (κ2) is 8.00. The van der Waals surface area contributed by atoms with Crippen LogP contribution in [0, 0.1) is 18.8 Å². The van der Waals surface area contributed by atoms with Crippen molar-refractivity contribution in [1.82, 2.24) is 4.31 Å². The molecule has 1 aliphatic heterocycles. The van der Waals surface area contributed by atoms with E-state index in [0.29, 0.717) is 12.3 Å². The summed E-state index contributed by atoms with van der Waals surface area (Å²) in [6.45, 7) is 9.55. The highest BCUT2D eigenvalue weighted by atomic mass is 32.2. The molecule has 0 aromatic heterocycles. The van der Waals surface area contributed by atoms with Crippen LogP contribution in [0.15, 0.2) is 76.1 Å². The molecule has 5 nitrogen and oxygen atoms in total. The van der Waals surface area contributed by atoms with E-state index in [2.05, 4.69) is 0 Å². The Morgan fingerprint density at radius 2 is 1.66 bits per heavy atom. The highest BCUT2D eigenvalue weighted by Gasteiger charge is 2.50. The Morgan fingerprint density at radius 3 is 2.25 bits per heavy atom. The smallest absolute Gasteiger partial charge is 0.266 e. The van der Waals surface area contributed by atoms with Crippen LogP contribution in [0.3, 0.4) is 0 Å². The number of nitrogens with zero attached hydrogens (tertiary/aromatic N) is 2. The summed E-state index contributed by atoms with van der Waals surface area (Å²) in [7, 11) is -3.88. The molecule has 0 bridgehead atoms. The number of hydrogen-bond acceptors (Lipinski definition) is 4. The maximum absolute atomic E-state index is 14.0. The third-order valence-electron chi connectivity index (χ3n) is 6.77. The van der Waals surface area contributed by atoms with Crippen LogP contribution in [0.25, 0.3) is 0 Å². The molecule has 4 rings (SSSR count). The average molecular weight is 451 g/mol. The predicted octanol–water partition coefficient (Wildman–Crippen LogP) is 4.76. The molecule has 3 atom stereocenters. The van der Waals surface area contributed by atoms with Gasteiger partial charge in [-0.3, -0.25) is 9.79 Å². The maximum atomic E-state index is 14.0. The van der Waals surface area contributed by atoms with Gasteiger partial charge in [-0.15, -0.1) is 0 Å². The topological polar surface area (TPSA) is 66.8 Å². The molecule has 0 saturated carbocycles. The standard InChI is InChI=1S/C26H30N2O3S/c1-17-11-13-21(14-12-17)32(30,31)28-24-15-18(2)22(19(3)29)16-23(24)26(4,5)27-25(28)20-9-7-6-8-10-20/h6-15,22-24H,16H2,1-5H3/t22-,23-,24+/m1/s1. The van der Waals surface area contributed by atoms with Crippen LogP contribution in [0.5, 0.6) is 0 Å². The molecule has 0 N–H and O–H groups in total. The van der Waals surface area contributed by atoms with Crippen LogP contribution in [-0.2, 0) is 14.8 Å². The first kappa shape index (κ1) is 22.5. The van der Waals surface area contributed by atoms with Gasteiger partial charge in [-0.2, -0.15) is 0 Å². The zero-order valence-corrected chi connectivity index (χ0v) is 20.1. The number of ketones is 1. The van der Waals surface area contributed by atoms with Gasteiger partial charge in [0.25, 0.3) is 10.0 Å². The molecule has 2 aromatic carbocycles. The number of fused-ring (bicyclic) bond motifs is 1. The Bertz CT molecular complexity index is 1200. The Kier molecular flexibility index (Phi) is 5.61. The number of hydrogen-bond donors (Lipinski definition) is 0. The lowest BCUT2D eigenvalue weighted by atomic mass is 9.69. The monoisotopic (exact) mass is 450 g/mol. The van der Waals surface area contributed by atoms with Gasteiger partial charge in [-0.25, -0.2) is 12.7 Å². The van der Waals surface area contributed by atoms with E-state index in [1.807, 2.05) is 76.2 Å². The minimum atomic E-state index is -3.88. The molecule has 0 amide bonds. The Labute approximate surface area is 190 Å². The summed E-state index contributed by atoms with van der Waals surface area (Å²) >= 11 is 0. The molecule has 32 heavy (non-hydrogen) atoms. The Morgan fingerprint density at radius 1 is 1.03 bits per heavy atom. The normalized spacial score (nSPS) is 24.9. The number of aryl methyl sites for hydroxylation is 1. The fourth-order valence-corrected chi connectivity index (χ4v) is 6.54. The highest BCUT2D eigenvalue weighted by molar-refractivity contribution is 7.89. The molecule has 2 aromatic rings. The van der Waals surface area contributed by atoms with Crippen LogP contribution in [0.4, 0.5) is 0 Å². The minimum Gasteiger partial charge on any atom is -0.299 e. The summed E-state index contributed by atoms with van der Waals surface area (Å²) < 4.78 is 29.5. The van der Waals surface area contributed by atoms with Gasteiger partial charge in [0.05, 0.1) is 16.5 Å². The SMILES string of the molecule is CC(=O)[C@@H]1C[C@@H]2[C@H](C=C1C)N(S(=O)(=O)c1ccc(C)cc1)C(c1ccccc1)=NC2(C)C. The predicted molar refractivity (Wildman–Crippen MR) is 127 cm³/mol. The summed E-state index contributed by atoms with van der Waals surface area (Å²) in [5, 5.41) is 0. The minimum absolute atomic E-state index is 0.110. The van der Waals surface area contributed by atoms with Gasteiger partial charge in [0.2, 0.25) is 0 Å². The van der Waals surface area contributed by atoms with Crippen LogP contribution in [-0.4, -0.2) is 35.9 Å². The molecule has 0 saturated heterocycles. The van der Waals surface area contributed by atoms with Gasteiger partial charge >= 0.3 is 0 Å². The van der Waals surface area contributed by atoms with E-state index in [-0.39, 0.29) is 22.5 Å². The zero-order valence-electron chi connectivity index (χ0n) is 19.2. The van der Waals surface area contributed by atoms with E-state index in [0.717, 1.165) is 16.7 Å². The van der Waals surface area contributed by atoms with E-state index in [9.17, 15) is 13.2 Å². The van der Waals surface area contributed by atoms with E-state index >= 15 is 0 Å². The second-order valence-electron chi connectivity index (χ2n) is 9.48. The van der Waals surface area contributed by atoms with Gasteiger partial charge in [-0.1, -0.05) is 59.7 Å². The van der Waals surface area contributed by atoms with Gasteiger partial charge in [0.15, 0.2) is 0 Å². The molecular formula is C26H30N2O3S. The second-order valence-corrected chi connectivity index (χ2v) is 11.3. The lowest BCUT2D eigenvalue weighted by Crippen LogP contribution is -2.58.